The number of aryl methyl sites for hydroxylation is 2. The first-order valence-corrected chi connectivity index (χ1v) is 11.3. The molecule has 0 unspecified atom stereocenters. The summed E-state index contributed by atoms with van der Waals surface area (Å²) in [7, 11) is 0. The Bertz CT molecular complexity index is 1200. The van der Waals surface area contributed by atoms with Gasteiger partial charge < -0.3 is 10.1 Å². The van der Waals surface area contributed by atoms with E-state index in [1.54, 1.807) is 17.5 Å². The highest BCUT2D eigenvalue weighted by Gasteiger charge is 2.40. The maximum absolute atomic E-state index is 6.00. The predicted molar refractivity (Wildman–Crippen MR) is 123 cm³/mol. The van der Waals surface area contributed by atoms with Crippen LogP contribution in [0.4, 0.5) is 5.82 Å². The van der Waals surface area contributed by atoms with Gasteiger partial charge in [-0.15, -0.1) is 10.2 Å². The highest BCUT2D eigenvalue weighted by molar-refractivity contribution is 7.11. The SMILES string of the molecule is Cc1nc(NCc2nnc(C)s2)cc(OC[C@H]2C[C@@H]2c2ccc(-c3cccnc3)cn2)n1. The molecule has 0 saturated heterocycles. The van der Waals surface area contributed by atoms with Crippen LogP contribution in [0.15, 0.2) is 48.9 Å². The average Bonchev–Trinajstić information content (AvgIpc) is 3.48. The summed E-state index contributed by atoms with van der Waals surface area (Å²) in [4.78, 5) is 17.7. The van der Waals surface area contributed by atoms with E-state index in [0.717, 1.165) is 39.1 Å². The lowest BCUT2D eigenvalue weighted by Crippen LogP contribution is -2.07. The van der Waals surface area contributed by atoms with Gasteiger partial charge in [0.25, 0.3) is 0 Å². The fraction of sp³-hybridized carbons (Fsp3) is 0.304. The largest absolute Gasteiger partial charge is 0.477 e. The standard InChI is InChI=1S/C23H23N7OS/c1-14-27-21(26-12-23-30-29-15(2)32-23)9-22(28-14)31-13-18-8-19(18)20-6-5-17(11-25-20)16-4-3-7-24-10-16/h3-7,9-11,18-19H,8,12-13H2,1-2H3,(H,26,27,28)/t18-,19+/m1/s1. The first-order valence-electron chi connectivity index (χ1n) is 10.5. The van der Waals surface area contributed by atoms with Gasteiger partial charge in [-0.2, -0.15) is 4.98 Å². The Hall–Kier alpha value is -3.46. The van der Waals surface area contributed by atoms with Gasteiger partial charge in [0.15, 0.2) is 0 Å². The summed E-state index contributed by atoms with van der Waals surface area (Å²) in [6, 6.07) is 10.0. The van der Waals surface area contributed by atoms with Crippen LogP contribution in [0.3, 0.4) is 0 Å². The maximum atomic E-state index is 6.00. The van der Waals surface area contributed by atoms with Crippen molar-refractivity contribution in [3.05, 3.63) is 70.5 Å². The molecule has 0 aliphatic heterocycles. The zero-order chi connectivity index (χ0) is 21.9. The van der Waals surface area contributed by atoms with E-state index in [2.05, 4.69) is 47.6 Å². The number of ether oxygens (including phenoxy) is 1. The quantitative estimate of drug-likeness (QED) is 0.431. The molecule has 0 amide bonds. The lowest BCUT2D eigenvalue weighted by atomic mass is 10.1. The van der Waals surface area contributed by atoms with Crippen LogP contribution >= 0.6 is 11.3 Å². The van der Waals surface area contributed by atoms with Crippen LogP contribution in [-0.2, 0) is 6.54 Å². The zero-order valence-electron chi connectivity index (χ0n) is 17.9. The van der Waals surface area contributed by atoms with Crippen molar-refractivity contribution in [2.24, 2.45) is 5.92 Å². The van der Waals surface area contributed by atoms with Crippen molar-refractivity contribution in [3.63, 3.8) is 0 Å². The second-order valence-electron chi connectivity index (χ2n) is 7.83. The van der Waals surface area contributed by atoms with Gasteiger partial charge in [0.1, 0.15) is 21.7 Å². The van der Waals surface area contributed by atoms with Crippen LogP contribution in [0.25, 0.3) is 11.1 Å². The Kier molecular flexibility index (Phi) is 5.72. The number of nitrogens with zero attached hydrogens (tertiary/aromatic N) is 6. The molecule has 1 saturated carbocycles. The third-order valence-electron chi connectivity index (χ3n) is 5.33. The summed E-state index contributed by atoms with van der Waals surface area (Å²) in [5.41, 5.74) is 3.27. The van der Waals surface area contributed by atoms with E-state index in [0.29, 0.717) is 36.7 Å². The second kappa shape index (κ2) is 8.96. The van der Waals surface area contributed by atoms with Gasteiger partial charge in [0.05, 0.1) is 13.2 Å². The van der Waals surface area contributed by atoms with E-state index in [1.165, 1.54) is 0 Å². The van der Waals surface area contributed by atoms with Crippen LogP contribution in [-0.4, -0.2) is 36.7 Å². The van der Waals surface area contributed by atoms with Crippen LogP contribution in [0, 0.1) is 19.8 Å². The first kappa shape index (κ1) is 20.4. The van der Waals surface area contributed by atoms with Gasteiger partial charge in [-0.1, -0.05) is 23.5 Å². The third kappa shape index (κ3) is 4.88. The molecule has 4 heterocycles. The zero-order valence-corrected chi connectivity index (χ0v) is 18.7. The normalized spacial score (nSPS) is 17.2. The molecule has 0 aromatic carbocycles. The number of aromatic nitrogens is 6. The van der Waals surface area contributed by atoms with Gasteiger partial charge >= 0.3 is 0 Å². The van der Waals surface area contributed by atoms with Gasteiger partial charge in [-0.25, -0.2) is 4.98 Å². The topological polar surface area (TPSA) is 98.6 Å². The molecule has 9 heteroatoms. The van der Waals surface area contributed by atoms with Crippen molar-refractivity contribution < 1.29 is 4.74 Å². The molecular formula is C23H23N7OS. The molecule has 4 aromatic heterocycles. The summed E-state index contributed by atoms with van der Waals surface area (Å²) in [5.74, 6) is 2.85. The minimum Gasteiger partial charge on any atom is -0.477 e. The number of rotatable bonds is 8. The fourth-order valence-corrected chi connectivity index (χ4v) is 4.24. The summed E-state index contributed by atoms with van der Waals surface area (Å²) < 4.78 is 6.00. The number of hydrogen-bond acceptors (Lipinski definition) is 9. The highest BCUT2D eigenvalue weighted by atomic mass is 32.1. The molecule has 4 aromatic rings. The molecule has 1 fully saturated rings. The molecule has 162 valence electrons. The number of pyridine rings is 2. The van der Waals surface area contributed by atoms with Crippen molar-refractivity contribution in [1.29, 1.82) is 0 Å². The molecule has 32 heavy (non-hydrogen) atoms. The van der Waals surface area contributed by atoms with E-state index in [4.69, 9.17) is 4.74 Å². The number of hydrogen-bond donors (Lipinski definition) is 1. The smallest absolute Gasteiger partial charge is 0.218 e. The molecule has 8 nitrogen and oxygen atoms in total. The molecular weight excluding hydrogens is 422 g/mol. The summed E-state index contributed by atoms with van der Waals surface area (Å²) in [6.07, 6.45) is 6.63. The first-order chi connectivity index (χ1) is 15.6. The van der Waals surface area contributed by atoms with Crippen molar-refractivity contribution in [2.45, 2.75) is 32.7 Å². The lowest BCUT2D eigenvalue weighted by molar-refractivity contribution is 0.284. The fourth-order valence-electron chi connectivity index (χ4n) is 3.60. The van der Waals surface area contributed by atoms with Crippen molar-refractivity contribution in [1.82, 2.24) is 30.1 Å². The van der Waals surface area contributed by atoms with E-state index in [1.807, 2.05) is 44.4 Å². The van der Waals surface area contributed by atoms with Gasteiger partial charge in [-0.3, -0.25) is 9.97 Å². The highest BCUT2D eigenvalue weighted by Crippen LogP contribution is 2.46. The molecule has 2 atom stereocenters. The molecule has 0 radical (unpaired) electrons. The Balaban J connectivity index is 1.16. The van der Waals surface area contributed by atoms with Gasteiger partial charge in [0, 0.05) is 53.3 Å². The Labute approximate surface area is 190 Å². The minimum atomic E-state index is 0.430. The number of anilines is 1. The third-order valence-corrected chi connectivity index (χ3v) is 6.17. The lowest BCUT2D eigenvalue weighted by Gasteiger charge is -2.09. The average molecular weight is 446 g/mol. The van der Waals surface area contributed by atoms with Gasteiger partial charge in [0.2, 0.25) is 5.88 Å². The number of nitrogens with one attached hydrogen (secondary N) is 1. The van der Waals surface area contributed by atoms with Crippen LogP contribution in [0.2, 0.25) is 0 Å². The van der Waals surface area contributed by atoms with E-state index < -0.39 is 0 Å². The minimum absolute atomic E-state index is 0.430. The van der Waals surface area contributed by atoms with Crippen molar-refractivity contribution >= 4 is 17.2 Å². The van der Waals surface area contributed by atoms with Crippen LogP contribution in [0.5, 0.6) is 5.88 Å². The molecule has 0 spiro atoms. The Morgan fingerprint density at radius 3 is 2.75 bits per heavy atom. The van der Waals surface area contributed by atoms with Gasteiger partial charge in [-0.05, 0) is 32.4 Å². The molecule has 0 bridgehead atoms. The Morgan fingerprint density at radius 1 is 1.09 bits per heavy atom. The maximum Gasteiger partial charge on any atom is 0.218 e. The van der Waals surface area contributed by atoms with E-state index in [9.17, 15) is 0 Å². The summed E-state index contributed by atoms with van der Waals surface area (Å²) >= 11 is 1.57. The Morgan fingerprint density at radius 2 is 2.00 bits per heavy atom. The molecule has 5 rings (SSSR count). The summed E-state index contributed by atoms with van der Waals surface area (Å²) in [5, 5.41) is 13.3. The molecule has 1 aliphatic rings. The van der Waals surface area contributed by atoms with Crippen molar-refractivity contribution in [2.75, 3.05) is 11.9 Å². The van der Waals surface area contributed by atoms with Crippen molar-refractivity contribution in [3.8, 4) is 17.0 Å². The van der Waals surface area contributed by atoms with Crippen LogP contribution in [0.1, 0.15) is 33.9 Å². The summed E-state index contributed by atoms with van der Waals surface area (Å²) in [6.45, 7) is 4.99. The van der Waals surface area contributed by atoms with E-state index >= 15 is 0 Å². The second-order valence-corrected chi connectivity index (χ2v) is 9.10. The molecule has 1 N–H and O–H groups in total. The van der Waals surface area contributed by atoms with E-state index in [-0.39, 0.29) is 0 Å². The predicted octanol–water partition coefficient (Wildman–Crippen LogP) is 4.20. The van der Waals surface area contributed by atoms with Crippen LogP contribution < -0.4 is 10.1 Å². The monoisotopic (exact) mass is 445 g/mol. The molecule has 1 aliphatic carbocycles.